The van der Waals surface area contributed by atoms with Gasteiger partial charge in [0.25, 0.3) is 0 Å². The molecule has 20 heavy (non-hydrogen) atoms. The number of thioether (sulfide) groups is 1. The molecule has 112 valence electrons. The monoisotopic (exact) mass is 296 g/mol. The highest BCUT2D eigenvalue weighted by atomic mass is 32.2. The fourth-order valence-electron chi connectivity index (χ4n) is 3.70. The van der Waals surface area contributed by atoms with Crippen molar-refractivity contribution in [1.29, 1.82) is 0 Å². The Morgan fingerprint density at radius 1 is 1.35 bits per heavy atom. The first-order valence-corrected chi connectivity index (χ1v) is 8.46. The summed E-state index contributed by atoms with van der Waals surface area (Å²) in [4.78, 5) is 16.9. The fraction of sp³-hybridized carbons (Fsp3) is 0.867. The van der Waals surface area contributed by atoms with Crippen LogP contribution in [0.1, 0.15) is 46.5 Å². The predicted molar refractivity (Wildman–Crippen MR) is 81.7 cm³/mol. The van der Waals surface area contributed by atoms with Crippen molar-refractivity contribution >= 4 is 22.8 Å². The maximum absolute atomic E-state index is 12.1. The molecule has 2 saturated carbocycles. The van der Waals surface area contributed by atoms with Crippen LogP contribution in [0.5, 0.6) is 0 Å². The number of hydrogen-bond acceptors (Lipinski definition) is 4. The Hall–Kier alpha value is -0.550. The van der Waals surface area contributed by atoms with Crippen LogP contribution >= 0.6 is 11.8 Å². The van der Waals surface area contributed by atoms with Gasteiger partial charge in [0.2, 0.25) is 5.91 Å². The number of carbonyl (C=O) groups is 1. The van der Waals surface area contributed by atoms with Gasteiger partial charge < -0.3 is 10.4 Å². The molecule has 5 heteroatoms. The van der Waals surface area contributed by atoms with E-state index in [9.17, 15) is 9.90 Å². The Bertz CT molecular complexity index is 449. The average molecular weight is 296 g/mol. The minimum atomic E-state index is -0.397. The predicted octanol–water partition coefficient (Wildman–Crippen LogP) is 2.17. The highest BCUT2D eigenvalue weighted by Crippen LogP contribution is 2.44. The second-order valence-corrected chi connectivity index (χ2v) is 8.48. The van der Waals surface area contributed by atoms with Gasteiger partial charge in [0.15, 0.2) is 5.17 Å². The molecule has 4 nitrogen and oxygen atoms in total. The largest absolute Gasteiger partial charge is 0.393 e. The third kappa shape index (κ3) is 2.39. The van der Waals surface area contributed by atoms with Gasteiger partial charge in [-0.05, 0) is 50.4 Å². The summed E-state index contributed by atoms with van der Waals surface area (Å²) >= 11 is 1.57. The number of nitrogens with zero attached hydrogens (tertiary/aromatic N) is 1. The van der Waals surface area contributed by atoms with E-state index in [1.807, 2.05) is 6.92 Å². The van der Waals surface area contributed by atoms with Gasteiger partial charge in [0, 0.05) is 0 Å². The lowest BCUT2D eigenvalue weighted by Gasteiger charge is -2.25. The molecule has 0 aromatic rings. The molecule has 3 rings (SSSR count). The Balaban J connectivity index is 1.70. The van der Waals surface area contributed by atoms with Crippen LogP contribution in [-0.2, 0) is 4.79 Å². The molecule has 0 unspecified atom stereocenters. The number of aliphatic hydroxyl groups excluding tert-OH is 1. The molecule has 5 atom stereocenters. The van der Waals surface area contributed by atoms with E-state index in [0.29, 0.717) is 11.8 Å². The Morgan fingerprint density at radius 2 is 2.10 bits per heavy atom. The van der Waals surface area contributed by atoms with Gasteiger partial charge in [-0.1, -0.05) is 25.6 Å². The molecule has 0 spiro atoms. The number of nitrogens with one attached hydrogen (secondary N) is 1. The third-order valence-corrected chi connectivity index (χ3v) is 6.80. The van der Waals surface area contributed by atoms with Crippen LogP contribution in [0, 0.1) is 17.8 Å². The summed E-state index contributed by atoms with van der Waals surface area (Å²) in [6.07, 6.45) is 4.00. The summed E-state index contributed by atoms with van der Waals surface area (Å²) in [5, 5.41) is 13.7. The lowest BCUT2D eigenvalue weighted by Crippen LogP contribution is -2.38. The first kappa shape index (κ1) is 14.4. The molecule has 0 aromatic heterocycles. The quantitative estimate of drug-likeness (QED) is 0.821. The molecule has 3 aliphatic rings. The van der Waals surface area contributed by atoms with Crippen molar-refractivity contribution in [2.45, 2.75) is 63.3 Å². The van der Waals surface area contributed by atoms with E-state index < -0.39 is 4.75 Å². The summed E-state index contributed by atoms with van der Waals surface area (Å²) in [5.74, 6) is 1.40. The van der Waals surface area contributed by atoms with Crippen molar-refractivity contribution < 1.29 is 9.90 Å². The van der Waals surface area contributed by atoms with Crippen LogP contribution in [0.25, 0.3) is 0 Å². The molecule has 1 aliphatic heterocycles. The van der Waals surface area contributed by atoms with Crippen LogP contribution in [0.15, 0.2) is 4.99 Å². The zero-order valence-electron chi connectivity index (χ0n) is 12.4. The van der Waals surface area contributed by atoms with E-state index >= 15 is 0 Å². The summed E-state index contributed by atoms with van der Waals surface area (Å²) < 4.78 is -0.397. The third-order valence-electron chi connectivity index (χ3n) is 5.32. The minimum Gasteiger partial charge on any atom is -0.393 e. The second kappa shape index (κ2) is 5.02. The van der Waals surface area contributed by atoms with Crippen LogP contribution in [-0.4, -0.2) is 33.1 Å². The van der Waals surface area contributed by atoms with Crippen molar-refractivity contribution in [3.63, 3.8) is 0 Å². The molecule has 1 amide bonds. The summed E-state index contributed by atoms with van der Waals surface area (Å²) in [6, 6.07) is 0.271. The lowest BCUT2D eigenvalue weighted by atomic mass is 9.85. The van der Waals surface area contributed by atoms with Gasteiger partial charge >= 0.3 is 0 Å². The molecule has 1 heterocycles. The summed E-state index contributed by atoms with van der Waals surface area (Å²) in [7, 11) is 0. The van der Waals surface area contributed by atoms with Crippen LogP contribution < -0.4 is 5.32 Å². The maximum Gasteiger partial charge on any atom is 0.242 e. The van der Waals surface area contributed by atoms with Crippen molar-refractivity contribution in [3.8, 4) is 0 Å². The number of amides is 1. The van der Waals surface area contributed by atoms with Crippen LogP contribution in [0.2, 0.25) is 0 Å². The maximum atomic E-state index is 12.1. The zero-order valence-corrected chi connectivity index (χ0v) is 13.2. The number of rotatable bonds is 2. The normalized spacial score (nSPS) is 46.2. The number of fused-ring (bicyclic) bond motifs is 2. The number of carbonyl (C=O) groups excluding carboxylic acids is 1. The molecule has 2 aliphatic carbocycles. The van der Waals surface area contributed by atoms with Gasteiger partial charge in [0.05, 0.1) is 12.1 Å². The van der Waals surface area contributed by atoms with Crippen molar-refractivity contribution in [2.24, 2.45) is 22.7 Å². The molecule has 0 aromatic carbocycles. The molecular weight excluding hydrogens is 272 g/mol. The topological polar surface area (TPSA) is 61.7 Å². The van der Waals surface area contributed by atoms with E-state index in [0.717, 1.165) is 30.9 Å². The highest BCUT2D eigenvalue weighted by Gasteiger charge is 2.46. The average Bonchev–Trinajstić information content (AvgIpc) is 2.78. The highest BCUT2D eigenvalue weighted by molar-refractivity contribution is 8.16. The van der Waals surface area contributed by atoms with Crippen LogP contribution in [0.3, 0.4) is 0 Å². The van der Waals surface area contributed by atoms with E-state index in [-0.39, 0.29) is 24.0 Å². The van der Waals surface area contributed by atoms with E-state index in [1.165, 1.54) is 0 Å². The smallest absolute Gasteiger partial charge is 0.242 e. The molecule has 2 bridgehead atoms. The SMILES string of the molecule is CC(C)[C@]1(C)SC(=N[C@@H]2C[C@H]3C[C@H](C2)[C@H](O)C3)NC1=O. The molecule has 2 N–H and O–H groups in total. The van der Waals surface area contributed by atoms with Gasteiger partial charge in [-0.3, -0.25) is 9.79 Å². The van der Waals surface area contributed by atoms with Gasteiger partial charge in [-0.25, -0.2) is 0 Å². The van der Waals surface area contributed by atoms with E-state index in [2.05, 4.69) is 19.2 Å². The standard InChI is InChI=1S/C15H24N2O2S/c1-8(2)15(3)13(19)17-14(20-15)16-11-5-9-4-10(7-11)12(18)6-9/h8-12,18H,4-7H2,1-3H3,(H,16,17,19)/t9-,10-,11-,12-,15+/m1/s1. The van der Waals surface area contributed by atoms with Gasteiger partial charge in [0.1, 0.15) is 4.75 Å². The van der Waals surface area contributed by atoms with Crippen molar-refractivity contribution in [1.82, 2.24) is 5.32 Å². The van der Waals surface area contributed by atoms with Crippen molar-refractivity contribution in [2.75, 3.05) is 0 Å². The second-order valence-electron chi connectivity index (χ2n) is 7.04. The first-order valence-electron chi connectivity index (χ1n) is 7.65. The van der Waals surface area contributed by atoms with Crippen LogP contribution in [0.4, 0.5) is 0 Å². The Morgan fingerprint density at radius 3 is 2.70 bits per heavy atom. The Kier molecular flexibility index (Phi) is 3.61. The van der Waals surface area contributed by atoms with E-state index in [1.54, 1.807) is 11.8 Å². The molecule has 1 saturated heterocycles. The Labute approximate surface area is 124 Å². The lowest BCUT2D eigenvalue weighted by molar-refractivity contribution is -0.122. The number of aliphatic hydroxyl groups is 1. The fourth-order valence-corrected chi connectivity index (χ4v) is 4.82. The summed E-state index contributed by atoms with van der Waals surface area (Å²) in [6.45, 7) is 6.15. The van der Waals surface area contributed by atoms with Gasteiger partial charge in [-0.2, -0.15) is 0 Å². The molecule has 3 fully saturated rings. The number of aliphatic imine (C=N–C) groups is 1. The van der Waals surface area contributed by atoms with Crippen molar-refractivity contribution in [3.05, 3.63) is 0 Å². The number of hydrogen-bond donors (Lipinski definition) is 2. The van der Waals surface area contributed by atoms with E-state index in [4.69, 9.17) is 4.99 Å². The summed E-state index contributed by atoms with van der Waals surface area (Å²) in [5.41, 5.74) is 0. The zero-order chi connectivity index (χ0) is 14.5. The minimum absolute atomic E-state index is 0.0788. The number of amidine groups is 1. The first-order chi connectivity index (χ1) is 9.38. The molecular formula is C15H24N2O2S. The van der Waals surface area contributed by atoms with Gasteiger partial charge in [-0.15, -0.1) is 0 Å². The molecule has 0 radical (unpaired) electrons.